The second-order valence-corrected chi connectivity index (χ2v) is 6.26. The highest BCUT2D eigenvalue weighted by Gasteiger charge is 2.39. The Balaban J connectivity index is 2.05. The van der Waals surface area contributed by atoms with Crippen LogP contribution in [-0.2, 0) is 11.2 Å². The van der Waals surface area contributed by atoms with Gasteiger partial charge in [-0.15, -0.1) is 0 Å². The average molecular weight is 342 g/mol. The van der Waals surface area contributed by atoms with Crippen LogP contribution in [0.4, 0.5) is 0 Å². The molecule has 2 aromatic carbocycles. The fourth-order valence-electron chi connectivity index (χ4n) is 3.46. The molecule has 2 atom stereocenters. The van der Waals surface area contributed by atoms with Gasteiger partial charge in [-0.3, -0.25) is 4.79 Å². The van der Waals surface area contributed by atoms with Crippen molar-refractivity contribution in [1.82, 2.24) is 0 Å². The number of hydrogen-bond donors (Lipinski definition) is 2. The molecule has 25 heavy (non-hydrogen) atoms. The number of phenols is 1. The number of aliphatic carboxylic acids is 1. The predicted molar refractivity (Wildman–Crippen MR) is 93.6 cm³/mol. The van der Waals surface area contributed by atoms with E-state index in [1.807, 2.05) is 25.1 Å². The van der Waals surface area contributed by atoms with Gasteiger partial charge in [0.1, 0.15) is 17.2 Å². The number of fused-ring (bicyclic) bond motifs is 1. The number of phenolic OH excluding ortho intramolecular Hbond substituents is 1. The van der Waals surface area contributed by atoms with Crippen LogP contribution in [0.15, 0.2) is 36.4 Å². The first kappa shape index (κ1) is 17.1. The molecule has 0 fully saturated rings. The van der Waals surface area contributed by atoms with E-state index in [1.165, 1.54) is 13.2 Å². The van der Waals surface area contributed by atoms with Crippen LogP contribution in [0.1, 0.15) is 36.0 Å². The lowest BCUT2D eigenvalue weighted by Gasteiger charge is -2.20. The second-order valence-electron chi connectivity index (χ2n) is 6.26. The van der Waals surface area contributed by atoms with E-state index < -0.39 is 17.8 Å². The number of ether oxygens (including phenoxy) is 2. The summed E-state index contributed by atoms with van der Waals surface area (Å²) in [6.45, 7) is 2.64. The number of benzene rings is 2. The number of aromatic hydroxyl groups is 1. The zero-order valence-electron chi connectivity index (χ0n) is 14.4. The van der Waals surface area contributed by atoms with Crippen LogP contribution >= 0.6 is 0 Å². The first-order valence-corrected chi connectivity index (χ1v) is 8.40. The Bertz CT molecular complexity index is 784. The Labute approximate surface area is 146 Å². The summed E-state index contributed by atoms with van der Waals surface area (Å²) in [6, 6.07) is 10.7. The first-order chi connectivity index (χ1) is 12.0. The largest absolute Gasteiger partial charge is 0.508 e. The SMILES string of the molecule is CCCOc1ccc2c(c1)C(c1ccc(OC)cc1O)C(C(=O)O)C2. The minimum atomic E-state index is -0.868. The van der Waals surface area contributed by atoms with Crippen LogP contribution in [-0.4, -0.2) is 29.9 Å². The maximum atomic E-state index is 11.8. The fraction of sp³-hybridized carbons (Fsp3) is 0.350. The number of rotatable bonds is 6. The van der Waals surface area contributed by atoms with Crippen LogP contribution in [0.2, 0.25) is 0 Å². The molecule has 3 rings (SSSR count). The average Bonchev–Trinajstić information content (AvgIpc) is 2.98. The minimum absolute atomic E-state index is 0.0447. The topological polar surface area (TPSA) is 76.0 Å². The summed E-state index contributed by atoms with van der Waals surface area (Å²) in [5, 5.41) is 20.1. The van der Waals surface area contributed by atoms with Crippen LogP contribution in [0, 0.1) is 5.92 Å². The number of methoxy groups -OCH3 is 1. The van der Waals surface area contributed by atoms with Gasteiger partial charge in [0.05, 0.1) is 19.6 Å². The Morgan fingerprint density at radius 1 is 1.16 bits per heavy atom. The van der Waals surface area contributed by atoms with Crippen LogP contribution in [0.3, 0.4) is 0 Å². The van der Waals surface area contributed by atoms with Crippen molar-refractivity contribution in [1.29, 1.82) is 0 Å². The van der Waals surface area contributed by atoms with Gasteiger partial charge >= 0.3 is 5.97 Å². The van der Waals surface area contributed by atoms with Crippen LogP contribution in [0.25, 0.3) is 0 Å². The fourth-order valence-corrected chi connectivity index (χ4v) is 3.46. The highest BCUT2D eigenvalue weighted by molar-refractivity contribution is 5.75. The summed E-state index contributed by atoms with van der Waals surface area (Å²) in [7, 11) is 1.52. The molecule has 0 saturated heterocycles. The van der Waals surface area contributed by atoms with E-state index in [2.05, 4.69) is 0 Å². The minimum Gasteiger partial charge on any atom is -0.508 e. The van der Waals surface area contributed by atoms with Crippen molar-refractivity contribution in [3.05, 3.63) is 53.1 Å². The van der Waals surface area contributed by atoms with Gasteiger partial charge in [0.2, 0.25) is 0 Å². The molecule has 0 spiro atoms. The number of hydrogen-bond acceptors (Lipinski definition) is 4. The molecule has 2 N–H and O–H groups in total. The third kappa shape index (κ3) is 3.27. The third-order valence-electron chi connectivity index (χ3n) is 4.66. The lowest BCUT2D eigenvalue weighted by atomic mass is 9.85. The van der Waals surface area contributed by atoms with Crippen molar-refractivity contribution < 1.29 is 24.5 Å². The lowest BCUT2D eigenvalue weighted by molar-refractivity contribution is -0.141. The van der Waals surface area contributed by atoms with Crippen LogP contribution in [0.5, 0.6) is 17.2 Å². The highest BCUT2D eigenvalue weighted by Crippen LogP contribution is 2.47. The third-order valence-corrected chi connectivity index (χ3v) is 4.66. The van der Waals surface area contributed by atoms with E-state index >= 15 is 0 Å². The van der Waals surface area contributed by atoms with Gasteiger partial charge in [0.25, 0.3) is 0 Å². The van der Waals surface area contributed by atoms with E-state index in [0.29, 0.717) is 24.3 Å². The zero-order valence-corrected chi connectivity index (χ0v) is 14.4. The molecule has 2 aromatic rings. The molecule has 0 bridgehead atoms. The molecule has 132 valence electrons. The second kappa shape index (κ2) is 7.05. The van der Waals surface area contributed by atoms with E-state index in [9.17, 15) is 15.0 Å². The zero-order chi connectivity index (χ0) is 18.0. The molecule has 0 aromatic heterocycles. The van der Waals surface area contributed by atoms with Gasteiger partial charge < -0.3 is 19.7 Å². The predicted octanol–water partition coefficient (Wildman–Crippen LogP) is 3.58. The summed E-state index contributed by atoms with van der Waals surface area (Å²) in [5.41, 5.74) is 2.48. The monoisotopic (exact) mass is 342 g/mol. The number of carboxylic acids is 1. The smallest absolute Gasteiger partial charge is 0.307 e. The molecule has 0 aliphatic heterocycles. The Morgan fingerprint density at radius 3 is 2.56 bits per heavy atom. The molecule has 1 aliphatic carbocycles. The van der Waals surface area contributed by atoms with Crippen molar-refractivity contribution in [2.75, 3.05) is 13.7 Å². The molecule has 0 heterocycles. The normalized spacial score (nSPS) is 18.6. The lowest BCUT2D eigenvalue weighted by Crippen LogP contribution is -2.19. The van der Waals surface area contributed by atoms with Gasteiger partial charge in [-0.1, -0.05) is 19.1 Å². The van der Waals surface area contributed by atoms with Crippen molar-refractivity contribution in [3.63, 3.8) is 0 Å². The standard InChI is InChI=1S/C20H22O5/c1-3-8-25-14-5-4-12-9-17(20(22)23)19(16(12)10-14)15-7-6-13(24-2)11-18(15)21/h4-7,10-11,17,19,21H,3,8-9H2,1-2H3,(H,22,23). The van der Waals surface area contributed by atoms with E-state index in [0.717, 1.165) is 23.3 Å². The van der Waals surface area contributed by atoms with Gasteiger partial charge in [-0.25, -0.2) is 0 Å². The Morgan fingerprint density at radius 2 is 1.92 bits per heavy atom. The molecule has 5 nitrogen and oxygen atoms in total. The molecule has 5 heteroatoms. The molecule has 0 radical (unpaired) electrons. The van der Waals surface area contributed by atoms with Crippen molar-refractivity contribution >= 4 is 5.97 Å². The highest BCUT2D eigenvalue weighted by atomic mass is 16.5. The molecule has 2 unspecified atom stereocenters. The molecule has 0 saturated carbocycles. The summed E-state index contributed by atoms with van der Waals surface area (Å²) >= 11 is 0. The maximum Gasteiger partial charge on any atom is 0.307 e. The van der Waals surface area contributed by atoms with E-state index in [1.54, 1.807) is 12.1 Å². The van der Waals surface area contributed by atoms with E-state index in [-0.39, 0.29) is 5.75 Å². The molecule has 0 amide bonds. The molecular formula is C20H22O5. The quantitative estimate of drug-likeness (QED) is 0.839. The number of carboxylic acid groups (broad SMARTS) is 1. The van der Waals surface area contributed by atoms with Gasteiger partial charge in [0.15, 0.2) is 0 Å². The maximum absolute atomic E-state index is 11.8. The van der Waals surface area contributed by atoms with Crippen molar-refractivity contribution in [2.24, 2.45) is 5.92 Å². The Hall–Kier alpha value is -2.69. The van der Waals surface area contributed by atoms with Gasteiger partial charge in [-0.2, -0.15) is 0 Å². The molecule has 1 aliphatic rings. The summed E-state index contributed by atoms with van der Waals surface area (Å²) in [5.74, 6) is -0.592. The van der Waals surface area contributed by atoms with Crippen molar-refractivity contribution in [2.45, 2.75) is 25.7 Å². The molecular weight excluding hydrogens is 320 g/mol. The summed E-state index contributed by atoms with van der Waals surface area (Å²) in [6.07, 6.45) is 1.34. The van der Waals surface area contributed by atoms with Gasteiger partial charge in [-0.05, 0) is 42.2 Å². The van der Waals surface area contributed by atoms with Gasteiger partial charge in [0, 0.05) is 17.5 Å². The van der Waals surface area contributed by atoms with Crippen molar-refractivity contribution in [3.8, 4) is 17.2 Å². The van der Waals surface area contributed by atoms with E-state index in [4.69, 9.17) is 9.47 Å². The van der Waals surface area contributed by atoms with Crippen LogP contribution < -0.4 is 9.47 Å². The Kier molecular flexibility index (Phi) is 4.83. The first-order valence-electron chi connectivity index (χ1n) is 8.40. The summed E-state index contributed by atoms with van der Waals surface area (Å²) < 4.78 is 10.8. The number of carbonyl (C=O) groups is 1. The summed E-state index contributed by atoms with van der Waals surface area (Å²) in [4.78, 5) is 11.8.